The third-order valence-electron chi connectivity index (χ3n) is 2.02. The first-order valence-electron chi connectivity index (χ1n) is 3.90. The summed E-state index contributed by atoms with van der Waals surface area (Å²) in [5.74, 6) is 0.787. The fourth-order valence-electron chi connectivity index (χ4n) is 1.33. The van der Waals surface area contributed by atoms with Crippen LogP contribution in [0.25, 0.3) is 0 Å². The van der Waals surface area contributed by atoms with Gasteiger partial charge in [-0.2, -0.15) is 5.06 Å². The van der Waals surface area contributed by atoms with E-state index >= 15 is 0 Å². The monoisotopic (exact) mass is 144 g/mol. The molecule has 0 aromatic heterocycles. The summed E-state index contributed by atoms with van der Waals surface area (Å²) < 4.78 is 0. The molecule has 1 saturated heterocycles. The second kappa shape index (κ2) is 3.91. The van der Waals surface area contributed by atoms with Crippen molar-refractivity contribution in [2.24, 2.45) is 5.92 Å². The molecule has 2 N–H and O–H groups in total. The van der Waals surface area contributed by atoms with Crippen LogP contribution in [0.4, 0.5) is 0 Å². The lowest BCUT2D eigenvalue weighted by Crippen LogP contribution is -2.18. The summed E-state index contributed by atoms with van der Waals surface area (Å²) in [6, 6.07) is 0. The molecular formula is C7H16N2O. The fourth-order valence-corrected chi connectivity index (χ4v) is 1.33. The zero-order valence-corrected chi connectivity index (χ0v) is 6.51. The molecular weight excluding hydrogens is 128 g/mol. The van der Waals surface area contributed by atoms with Gasteiger partial charge in [0.25, 0.3) is 0 Å². The Labute approximate surface area is 62.0 Å². The highest BCUT2D eigenvalue weighted by Crippen LogP contribution is 2.11. The van der Waals surface area contributed by atoms with Gasteiger partial charge < -0.3 is 10.5 Å². The van der Waals surface area contributed by atoms with Crippen LogP contribution in [0.5, 0.6) is 0 Å². The van der Waals surface area contributed by atoms with Gasteiger partial charge in [-0.1, -0.05) is 0 Å². The number of hydroxylamine groups is 2. The molecule has 0 aromatic rings. The minimum absolute atomic E-state index is 0.787. The summed E-state index contributed by atoms with van der Waals surface area (Å²) in [5.41, 5.74) is 0. The summed E-state index contributed by atoms with van der Waals surface area (Å²) in [7, 11) is 1.70. The topological polar surface area (TPSA) is 35.5 Å². The molecule has 1 heterocycles. The number of rotatable bonds is 3. The Morgan fingerprint density at radius 1 is 1.70 bits per heavy atom. The predicted octanol–water partition coefficient (Wildman–Crippen LogP) is 0.307. The Morgan fingerprint density at radius 2 is 2.50 bits per heavy atom. The van der Waals surface area contributed by atoms with Crippen molar-refractivity contribution in [3.63, 3.8) is 0 Å². The Morgan fingerprint density at radius 3 is 3.00 bits per heavy atom. The predicted molar refractivity (Wildman–Crippen MR) is 40.0 cm³/mol. The van der Waals surface area contributed by atoms with Gasteiger partial charge in [-0.3, -0.25) is 0 Å². The van der Waals surface area contributed by atoms with E-state index in [1.807, 2.05) is 0 Å². The number of hydrogen-bond donors (Lipinski definition) is 2. The molecule has 1 rings (SSSR count). The summed E-state index contributed by atoms with van der Waals surface area (Å²) >= 11 is 0. The van der Waals surface area contributed by atoms with Crippen LogP contribution in [-0.4, -0.2) is 37.0 Å². The Hall–Kier alpha value is -0.120. The first-order valence-corrected chi connectivity index (χ1v) is 3.90. The zero-order valence-electron chi connectivity index (χ0n) is 6.51. The second-order valence-corrected chi connectivity index (χ2v) is 3.03. The van der Waals surface area contributed by atoms with Crippen LogP contribution in [0, 0.1) is 5.92 Å². The first kappa shape index (κ1) is 7.98. The normalized spacial score (nSPS) is 26.1. The van der Waals surface area contributed by atoms with Gasteiger partial charge in [0, 0.05) is 13.6 Å². The first-order chi connectivity index (χ1) is 4.79. The van der Waals surface area contributed by atoms with Crippen molar-refractivity contribution in [2.75, 3.05) is 26.7 Å². The van der Waals surface area contributed by atoms with Gasteiger partial charge in [0.2, 0.25) is 0 Å². The molecule has 0 bridgehead atoms. The molecule has 0 aliphatic carbocycles. The Balaban J connectivity index is 2.01. The van der Waals surface area contributed by atoms with E-state index < -0.39 is 0 Å². The van der Waals surface area contributed by atoms with E-state index in [1.54, 1.807) is 7.05 Å². The lowest BCUT2D eigenvalue weighted by atomic mass is 10.1. The molecule has 1 aliphatic heterocycles. The van der Waals surface area contributed by atoms with Gasteiger partial charge in [-0.05, 0) is 31.8 Å². The van der Waals surface area contributed by atoms with Gasteiger partial charge >= 0.3 is 0 Å². The molecule has 3 heteroatoms. The van der Waals surface area contributed by atoms with Crippen molar-refractivity contribution >= 4 is 0 Å². The molecule has 1 aliphatic rings. The van der Waals surface area contributed by atoms with Crippen LogP contribution in [0.1, 0.15) is 12.8 Å². The van der Waals surface area contributed by atoms with Crippen LogP contribution in [0.15, 0.2) is 0 Å². The number of nitrogens with zero attached hydrogens (tertiary/aromatic N) is 1. The van der Waals surface area contributed by atoms with Crippen molar-refractivity contribution in [3.8, 4) is 0 Å². The van der Waals surface area contributed by atoms with E-state index in [9.17, 15) is 0 Å². The average Bonchev–Trinajstić information content (AvgIpc) is 2.34. The van der Waals surface area contributed by atoms with E-state index in [0.717, 1.165) is 32.0 Å². The minimum atomic E-state index is 0.787. The van der Waals surface area contributed by atoms with E-state index in [0.29, 0.717) is 0 Å². The molecule has 1 atom stereocenters. The highest BCUT2D eigenvalue weighted by molar-refractivity contribution is 4.70. The summed E-state index contributed by atoms with van der Waals surface area (Å²) in [4.78, 5) is 0. The molecule has 0 amide bonds. The molecule has 60 valence electrons. The van der Waals surface area contributed by atoms with Crippen molar-refractivity contribution in [1.29, 1.82) is 0 Å². The molecule has 0 spiro atoms. The quantitative estimate of drug-likeness (QED) is 0.559. The molecule has 1 fully saturated rings. The molecule has 10 heavy (non-hydrogen) atoms. The molecule has 0 aromatic carbocycles. The van der Waals surface area contributed by atoms with Crippen molar-refractivity contribution < 1.29 is 5.21 Å². The largest absolute Gasteiger partial charge is 0.316 e. The third kappa shape index (κ3) is 2.64. The standard InChI is InChI=1S/C7H16N2O/c1-9(10)5-3-7-2-4-8-6-7/h7-8,10H,2-6H2,1H3. The Bertz CT molecular complexity index is 89.6. The van der Waals surface area contributed by atoms with Crippen molar-refractivity contribution in [1.82, 2.24) is 10.4 Å². The number of nitrogens with one attached hydrogen (secondary N) is 1. The lowest BCUT2D eigenvalue weighted by molar-refractivity contribution is -0.0676. The van der Waals surface area contributed by atoms with Crippen LogP contribution in [-0.2, 0) is 0 Å². The summed E-state index contributed by atoms with van der Waals surface area (Å²) in [6.07, 6.45) is 2.38. The molecule has 0 radical (unpaired) electrons. The van der Waals surface area contributed by atoms with Gasteiger partial charge in [0.05, 0.1) is 0 Å². The minimum Gasteiger partial charge on any atom is -0.316 e. The van der Waals surface area contributed by atoms with Crippen LogP contribution in [0.2, 0.25) is 0 Å². The Kier molecular flexibility index (Phi) is 3.12. The highest BCUT2D eigenvalue weighted by Gasteiger charge is 2.13. The SMILES string of the molecule is CN(O)CCC1CCNC1. The average molecular weight is 144 g/mol. The molecule has 3 nitrogen and oxygen atoms in total. The zero-order chi connectivity index (χ0) is 7.40. The number of hydrogen-bond acceptors (Lipinski definition) is 3. The van der Waals surface area contributed by atoms with Crippen LogP contribution < -0.4 is 5.32 Å². The van der Waals surface area contributed by atoms with E-state index in [-0.39, 0.29) is 0 Å². The van der Waals surface area contributed by atoms with Gasteiger partial charge in [-0.15, -0.1) is 0 Å². The van der Waals surface area contributed by atoms with Crippen molar-refractivity contribution in [3.05, 3.63) is 0 Å². The lowest BCUT2D eigenvalue weighted by Gasteiger charge is -2.11. The van der Waals surface area contributed by atoms with Crippen LogP contribution in [0.3, 0.4) is 0 Å². The smallest absolute Gasteiger partial charge is 0.0238 e. The van der Waals surface area contributed by atoms with E-state index in [4.69, 9.17) is 5.21 Å². The summed E-state index contributed by atoms with van der Waals surface area (Å²) in [5, 5.41) is 13.4. The van der Waals surface area contributed by atoms with Gasteiger partial charge in [-0.25, -0.2) is 0 Å². The fraction of sp³-hybridized carbons (Fsp3) is 1.00. The molecule has 0 saturated carbocycles. The van der Waals surface area contributed by atoms with E-state index in [2.05, 4.69) is 5.32 Å². The van der Waals surface area contributed by atoms with Crippen LogP contribution >= 0.6 is 0 Å². The highest BCUT2D eigenvalue weighted by atomic mass is 16.5. The maximum atomic E-state index is 8.83. The van der Waals surface area contributed by atoms with Crippen molar-refractivity contribution in [2.45, 2.75) is 12.8 Å². The van der Waals surface area contributed by atoms with Gasteiger partial charge in [0.1, 0.15) is 0 Å². The maximum Gasteiger partial charge on any atom is 0.0238 e. The molecule has 1 unspecified atom stereocenters. The van der Waals surface area contributed by atoms with Gasteiger partial charge in [0.15, 0.2) is 0 Å². The van der Waals surface area contributed by atoms with E-state index in [1.165, 1.54) is 11.5 Å². The third-order valence-corrected chi connectivity index (χ3v) is 2.02. The maximum absolute atomic E-state index is 8.83. The second-order valence-electron chi connectivity index (χ2n) is 3.03. The summed E-state index contributed by atoms with van der Waals surface area (Å²) in [6.45, 7) is 3.08.